The number of fused-ring (bicyclic) bond motifs is 2. The molecule has 11 heteroatoms. The number of aliphatic hydroxyl groups excluding tert-OH is 1. The molecule has 0 radical (unpaired) electrons. The number of amides is 3. The molecule has 276 valence electrons. The average Bonchev–Trinajstić information content (AvgIpc) is 3.70. The van der Waals surface area contributed by atoms with Gasteiger partial charge in [0, 0.05) is 45.7 Å². The lowest BCUT2D eigenvalue weighted by molar-refractivity contribution is -0.150. The molecule has 3 aliphatic heterocycles. The van der Waals surface area contributed by atoms with Crippen molar-refractivity contribution in [1.29, 1.82) is 0 Å². The summed E-state index contributed by atoms with van der Waals surface area (Å²) in [5.41, 5.74) is 3.15. The van der Waals surface area contributed by atoms with E-state index in [9.17, 15) is 19.5 Å². The van der Waals surface area contributed by atoms with Crippen molar-refractivity contribution in [1.82, 2.24) is 4.90 Å². The minimum absolute atomic E-state index is 0.0837. The third kappa shape index (κ3) is 5.98. The smallest absolute Gasteiger partial charge is 0.264 e. The van der Waals surface area contributed by atoms with Crippen molar-refractivity contribution >= 4 is 69.9 Å². The first-order chi connectivity index (χ1) is 25.9. The van der Waals surface area contributed by atoms with Gasteiger partial charge in [-0.3, -0.25) is 19.3 Å². The van der Waals surface area contributed by atoms with E-state index in [0.717, 1.165) is 37.7 Å². The van der Waals surface area contributed by atoms with Crippen LogP contribution in [0.15, 0.2) is 114 Å². The van der Waals surface area contributed by atoms with Crippen molar-refractivity contribution in [3.8, 4) is 0 Å². The predicted molar refractivity (Wildman–Crippen MR) is 214 cm³/mol. The average molecular weight is 807 g/mol. The van der Waals surface area contributed by atoms with Gasteiger partial charge in [0.1, 0.15) is 0 Å². The highest BCUT2D eigenvalue weighted by Crippen LogP contribution is 2.60. The Morgan fingerprint density at radius 3 is 2.35 bits per heavy atom. The minimum atomic E-state index is -3.52. The molecule has 0 saturated carbocycles. The molecule has 4 atom stereocenters. The number of ether oxygens (including phenoxy) is 1. The first-order valence-corrected chi connectivity index (χ1v) is 22.0. The monoisotopic (exact) mass is 805 g/mol. The fourth-order valence-corrected chi connectivity index (χ4v) is 11.9. The van der Waals surface area contributed by atoms with Crippen LogP contribution in [0.3, 0.4) is 0 Å². The molecular weight excluding hydrogens is 765 g/mol. The number of halogens is 2. The molecule has 1 fully saturated rings. The van der Waals surface area contributed by atoms with Gasteiger partial charge in [-0.05, 0) is 72.1 Å². The van der Waals surface area contributed by atoms with Gasteiger partial charge in [0.05, 0.1) is 42.6 Å². The highest BCUT2D eigenvalue weighted by molar-refractivity contribution is 9.10. The first-order valence-electron chi connectivity index (χ1n) is 18.3. The van der Waals surface area contributed by atoms with Crippen LogP contribution < -0.4 is 9.80 Å². The molecule has 3 amide bonds. The second kappa shape index (κ2) is 13.9. The molecule has 0 bridgehead atoms. The molecule has 0 aliphatic carbocycles. The molecule has 3 heterocycles. The summed E-state index contributed by atoms with van der Waals surface area (Å²) in [6, 6.07) is 34.5. The van der Waals surface area contributed by atoms with Crippen LogP contribution in [0.4, 0.5) is 21.2 Å². The second-order valence-corrected chi connectivity index (χ2v) is 19.8. The van der Waals surface area contributed by atoms with E-state index in [1.54, 1.807) is 27.8 Å². The largest absolute Gasteiger partial charge is 0.395 e. The van der Waals surface area contributed by atoms with Gasteiger partial charge in [-0.2, -0.15) is 0 Å². The Morgan fingerprint density at radius 1 is 0.926 bits per heavy atom. The van der Waals surface area contributed by atoms with Crippen LogP contribution in [0.2, 0.25) is 18.6 Å². The van der Waals surface area contributed by atoms with Gasteiger partial charge in [-0.1, -0.05) is 89.6 Å². The summed E-state index contributed by atoms with van der Waals surface area (Å²) in [6.07, 6.45) is -0.966. The maximum absolute atomic E-state index is 16.5. The van der Waals surface area contributed by atoms with E-state index in [2.05, 4.69) is 15.9 Å². The molecule has 8 nitrogen and oxygen atoms in total. The normalized spacial score (nSPS) is 21.8. The molecule has 1 spiro atoms. The quantitative estimate of drug-likeness (QED) is 0.113. The summed E-state index contributed by atoms with van der Waals surface area (Å²) in [7, 11) is -3.52. The molecule has 5 aromatic rings. The summed E-state index contributed by atoms with van der Waals surface area (Å²) in [5, 5.41) is 11.8. The zero-order chi connectivity index (χ0) is 37.9. The molecular formula is C43H41BrFN3O5Si. The SMILES string of the molecule is C[C@@H]1[C@@H]([Si](C)(C)F)[C@H](CC(=O)N(CCO)Cc2ccccc2)O[C@@]12C(=O)N(Cc1ccc(N3C(=O)c4cccc5cccc3c45)cc1)c1ccc(Br)cc12. The first kappa shape index (κ1) is 36.3. The van der Waals surface area contributed by atoms with Gasteiger partial charge in [-0.15, -0.1) is 0 Å². The van der Waals surface area contributed by atoms with Gasteiger partial charge in [0.15, 0.2) is 5.60 Å². The highest BCUT2D eigenvalue weighted by Gasteiger charge is 2.67. The van der Waals surface area contributed by atoms with Crippen LogP contribution in [-0.2, 0) is 33.0 Å². The van der Waals surface area contributed by atoms with E-state index in [0.29, 0.717) is 23.4 Å². The second-order valence-electron chi connectivity index (χ2n) is 15.0. The van der Waals surface area contributed by atoms with Crippen LogP contribution in [0.25, 0.3) is 10.8 Å². The molecule has 1 N–H and O–H groups in total. The van der Waals surface area contributed by atoms with E-state index >= 15 is 4.11 Å². The Kier molecular flexibility index (Phi) is 9.32. The summed E-state index contributed by atoms with van der Waals surface area (Å²) in [6.45, 7) is 5.54. The van der Waals surface area contributed by atoms with Crippen molar-refractivity contribution in [3.05, 3.63) is 136 Å². The van der Waals surface area contributed by atoms with Crippen molar-refractivity contribution in [2.24, 2.45) is 5.92 Å². The molecule has 3 aliphatic rings. The molecule has 54 heavy (non-hydrogen) atoms. The zero-order valence-electron chi connectivity index (χ0n) is 30.3. The fourth-order valence-electron chi connectivity index (χ4n) is 9.00. The van der Waals surface area contributed by atoms with E-state index in [-0.39, 0.29) is 43.8 Å². The van der Waals surface area contributed by atoms with Crippen LogP contribution >= 0.6 is 15.9 Å². The number of carbonyl (C=O) groups excluding carboxylic acids is 3. The van der Waals surface area contributed by atoms with Crippen LogP contribution in [0.5, 0.6) is 0 Å². The van der Waals surface area contributed by atoms with Gasteiger partial charge >= 0.3 is 0 Å². The van der Waals surface area contributed by atoms with Crippen LogP contribution in [-0.4, -0.2) is 55.4 Å². The molecule has 0 unspecified atom stereocenters. The van der Waals surface area contributed by atoms with Crippen LogP contribution in [0.1, 0.15) is 40.4 Å². The number of aliphatic hydroxyl groups is 1. The minimum Gasteiger partial charge on any atom is -0.395 e. The number of anilines is 3. The van der Waals surface area contributed by atoms with Gasteiger partial charge in [0.25, 0.3) is 11.8 Å². The number of hydrogen-bond acceptors (Lipinski definition) is 5. The van der Waals surface area contributed by atoms with Gasteiger partial charge in [0.2, 0.25) is 14.3 Å². The highest BCUT2D eigenvalue weighted by atomic mass is 79.9. The third-order valence-corrected chi connectivity index (χ3v) is 14.3. The number of hydrogen-bond donors (Lipinski definition) is 1. The fraction of sp³-hybridized carbons (Fsp3) is 0.279. The number of rotatable bonds is 10. The lowest BCUT2D eigenvalue weighted by Crippen LogP contribution is -2.45. The van der Waals surface area contributed by atoms with E-state index < -0.39 is 31.6 Å². The summed E-state index contributed by atoms with van der Waals surface area (Å²) in [5.74, 6) is -1.21. The Balaban J connectivity index is 1.09. The maximum atomic E-state index is 16.5. The van der Waals surface area contributed by atoms with Gasteiger partial charge in [-0.25, -0.2) is 0 Å². The number of carbonyl (C=O) groups is 3. The summed E-state index contributed by atoms with van der Waals surface area (Å²) < 4.78 is 24.1. The maximum Gasteiger partial charge on any atom is 0.264 e. The molecule has 8 rings (SSSR count). The Labute approximate surface area is 323 Å². The summed E-state index contributed by atoms with van der Waals surface area (Å²) >= 11 is 3.60. The molecule has 1 saturated heterocycles. The van der Waals surface area contributed by atoms with E-state index in [4.69, 9.17) is 4.74 Å². The third-order valence-electron chi connectivity index (χ3n) is 11.3. The lowest BCUT2D eigenvalue weighted by Gasteiger charge is -2.31. The topological polar surface area (TPSA) is 90.4 Å². The van der Waals surface area contributed by atoms with Crippen molar-refractivity contribution in [2.75, 3.05) is 23.0 Å². The number of nitrogens with zero attached hydrogens (tertiary/aromatic N) is 3. The van der Waals surface area contributed by atoms with Crippen molar-refractivity contribution in [3.63, 3.8) is 0 Å². The lowest BCUT2D eigenvalue weighted by atomic mass is 9.82. The Morgan fingerprint density at radius 2 is 1.65 bits per heavy atom. The van der Waals surface area contributed by atoms with E-state index in [1.165, 1.54) is 0 Å². The molecule has 0 aromatic heterocycles. The summed E-state index contributed by atoms with van der Waals surface area (Å²) in [4.78, 5) is 47.4. The van der Waals surface area contributed by atoms with Crippen molar-refractivity contribution in [2.45, 2.75) is 56.8 Å². The Bertz CT molecular complexity index is 2280. The number of benzene rings is 5. The standard InChI is InChI=1S/C43H41BrFN3O5Si/c1-27-40(54(2,3)45)37(24-38(50)46(21-22-49)25-28-9-5-4-6-10-28)53-43(27)34-23-31(44)17-20-35(34)47(42(43)52)26-29-15-18-32(19-16-29)48-36-14-8-12-30-11-7-13-33(39(30)36)41(48)51/h4-20,23,27,37,40,49H,21-22,24-26H2,1-3H3/t27-,37+,40-,43+/m1/s1. The van der Waals surface area contributed by atoms with E-state index in [1.807, 2.05) is 116 Å². The predicted octanol–water partition coefficient (Wildman–Crippen LogP) is 8.63. The zero-order valence-corrected chi connectivity index (χ0v) is 32.9. The van der Waals surface area contributed by atoms with Crippen LogP contribution in [0, 0.1) is 5.92 Å². The molecule has 5 aromatic carbocycles. The van der Waals surface area contributed by atoms with Gasteiger partial charge < -0.3 is 23.8 Å². The van der Waals surface area contributed by atoms with Crippen molar-refractivity contribution < 1.29 is 28.3 Å². The Hall–Kier alpha value is -4.68.